The third kappa shape index (κ3) is 2.33. The van der Waals surface area contributed by atoms with Crippen LogP contribution in [0, 0.1) is 0 Å². The number of imide groups is 1. The zero-order chi connectivity index (χ0) is 14.2. The zero-order valence-electron chi connectivity index (χ0n) is 10.1. The van der Waals surface area contributed by atoms with Gasteiger partial charge in [-0.3, -0.25) is 14.5 Å². The fourth-order valence-electron chi connectivity index (χ4n) is 1.99. The van der Waals surface area contributed by atoms with Crippen molar-refractivity contribution in [1.82, 2.24) is 10.2 Å². The second-order valence-electron chi connectivity index (χ2n) is 4.42. The molecule has 0 saturated carbocycles. The Balaban J connectivity index is 2.38. The molecule has 0 aromatic heterocycles. The van der Waals surface area contributed by atoms with Crippen LogP contribution in [0.25, 0.3) is 0 Å². The van der Waals surface area contributed by atoms with Gasteiger partial charge >= 0.3 is 6.03 Å². The lowest BCUT2D eigenvalue weighted by Gasteiger charge is -2.22. The molecule has 0 spiro atoms. The normalized spacial score (nSPS) is 22.5. The number of carbonyl (C=O) groups excluding carboxylic acids is 3. The SMILES string of the molecule is C[C@]1(c2cccc(Br)c2)NC(=O)N(CC(N)=O)C1=O. The van der Waals surface area contributed by atoms with Gasteiger partial charge in [-0.25, -0.2) is 4.79 Å². The van der Waals surface area contributed by atoms with Crippen LogP contribution in [-0.2, 0) is 15.1 Å². The van der Waals surface area contributed by atoms with E-state index in [-0.39, 0.29) is 0 Å². The van der Waals surface area contributed by atoms with Gasteiger partial charge in [0, 0.05) is 4.47 Å². The third-order valence-electron chi connectivity index (χ3n) is 2.99. The molecule has 100 valence electrons. The van der Waals surface area contributed by atoms with E-state index in [1.807, 2.05) is 6.07 Å². The number of nitrogens with zero attached hydrogens (tertiary/aromatic N) is 1. The largest absolute Gasteiger partial charge is 0.368 e. The Morgan fingerprint density at radius 3 is 2.74 bits per heavy atom. The molecule has 1 aliphatic rings. The smallest absolute Gasteiger partial charge is 0.325 e. The quantitative estimate of drug-likeness (QED) is 0.801. The highest BCUT2D eigenvalue weighted by Crippen LogP contribution is 2.30. The highest BCUT2D eigenvalue weighted by Gasteiger charge is 2.49. The first-order valence-electron chi connectivity index (χ1n) is 5.53. The number of hydrogen-bond acceptors (Lipinski definition) is 3. The minimum Gasteiger partial charge on any atom is -0.368 e. The number of urea groups is 1. The summed E-state index contributed by atoms with van der Waals surface area (Å²) in [7, 11) is 0. The summed E-state index contributed by atoms with van der Waals surface area (Å²) in [5.41, 5.74) is 4.48. The molecule has 2 rings (SSSR count). The fourth-order valence-corrected chi connectivity index (χ4v) is 2.39. The van der Waals surface area contributed by atoms with Crippen LogP contribution >= 0.6 is 15.9 Å². The Bertz CT molecular complexity index is 575. The van der Waals surface area contributed by atoms with E-state index in [0.717, 1.165) is 9.37 Å². The summed E-state index contributed by atoms with van der Waals surface area (Å²) < 4.78 is 0.793. The Morgan fingerprint density at radius 1 is 1.47 bits per heavy atom. The van der Waals surface area contributed by atoms with E-state index in [1.54, 1.807) is 25.1 Å². The van der Waals surface area contributed by atoms with Crippen LogP contribution in [-0.4, -0.2) is 29.3 Å². The van der Waals surface area contributed by atoms with E-state index in [4.69, 9.17) is 5.73 Å². The molecule has 19 heavy (non-hydrogen) atoms. The predicted octanol–water partition coefficient (Wildman–Crippen LogP) is 0.701. The molecule has 1 fully saturated rings. The summed E-state index contributed by atoms with van der Waals surface area (Å²) >= 11 is 3.31. The maximum atomic E-state index is 12.3. The lowest BCUT2D eigenvalue weighted by Crippen LogP contribution is -2.42. The van der Waals surface area contributed by atoms with E-state index in [0.29, 0.717) is 5.56 Å². The summed E-state index contributed by atoms with van der Waals surface area (Å²) in [4.78, 5) is 35.8. The lowest BCUT2D eigenvalue weighted by molar-refractivity contribution is -0.134. The van der Waals surface area contributed by atoms with E-state index >= 15 is 0 Å². The Hall–Kier alpha value is -1.89. The molecule has 0 radical (unpaired) electrons. The average molecular weight is 326 g/mol. The Labute approximate surface area is 118 Å². The van der Waals surface area contributed by atoms with Gasteiger partial charge in [-0.2, -0.15) is 0 Å². The number of benzene rings is 1. The number of halogens is 1. The fraction of sp³-hybridized carbons (Fsp3) is 0.250. The molecule has 4 amide bonds. The predicted molar refractivity (Wildman–Crippen MR) is 70.9 cm³/mol. The summed E-state index contributed by atoms with van der Waals surface area (Å²) in [6, 6.07) is 6.44. The van der Waals surface area contributed by atoms with Gasteiger partial charge in [0.05, 0.1) is 0 Å². The first kappa shape index (κ1) is 13.5. The van der Waals surface area contributed by atoms with Gasteiger partial charge in [-0.15, -0.1) is 0 Å². The minimum absolute atomic E-state index is 0.422. The average Bonchev–Trinajstić information content (AvgIpc) is 2.54. The molecule has 0 bridgehead atoms. The summed E-state index contributed by atoms with van der Waals surface area (Å²) in [6.07, 6.45) is 0. The minimum atomic E-state index is -1.18. The molecule has 3 N–H and O–H groups in total. The van der Waals surface area contributed by atoms with Crippen molar-refractivity contribution in [2.24, 2.45) is 5.73 Å². The molecule has 6 nitrogen and oxygen atoms in total. The number of nitrogens with one attached hydrogen (secondary N) is 1. The molecule has 1 heterocycles. The molecule has 1 aliphatic heterocycles. The van der Waals surface area contributed by atoms with Crippen LogP contribution in [0.2, 0.25) is 0 Å². The molecular weight excluding hydrogens is 314 g/mol. The van der Waals surface area contributed by atoms with Crippen molar-refractivity contribution in [3.63, 3.8) is 0 Å². The van der Waals surface area contributed by atoms with Crippen molar-refractivity contribution < 1.29 is 14.4 Å². The van der Waals surface area contributed by atoms with Gasteiger partial charge in [0.2, 0.25) is 5.91 Å². The Kier molecular flexibility index (Phi) is 3.32. The van der Waals surface area contributed by atoms with Gasteiger partial charge < -0.3 is 11.1 Å². The first-order valence-corrected chi connectivity index (χ1v) is 6.32. The van der Waals surface area contributed by atoms with E-state index in [1.165, 1.54) is 0 Å². The number of primary amides is 1. The lowest BCUT2D eigenvalue weighted by atomic mass is 9.92. The molecule has 1 atom stereocenters. The van der Waals surface area contributed by atoms with E-state index in [2.05, 4.69) is 21.2 Å². The molecule has 0 aliphatic carbocycles. The zero-order valence-corrected chi connectivity index (χ0v) is 11.7. The molecule has 0 unspecified atom stereocenters. The highest BCUT2D eigenvalue weighted by atomic mass is 79.9. The van der Waals surface area contributed by atoms with Crippen LogP contribution in [0.15, 0.2) is 28.7 Å². The van der Waals surface area contributed by atoms with Gasteiger partial charge in [0.15, 0.2) is 0 Å². The second-order valence-corrected chi connectivity index (χ2v) is 5.34. The van der Waals surface area contributed by atoms with Gasteiger partial charge in [-0.1, -0.05) is 28.1 Å². The number of amides is 4. The maximum Gasteiger partial charge on any atom is 0.325 e. The topological polar surface area (TPSA) is 92.5 Å². The van der Waals surface area contributed by atoms with E-state index in [9.17, 15) is 14.4 Å². The van der Waals surface area contributed by atoms with Crippen LogP contribution in [0.4, 0.5) is 4.79 Å². The number of nitrogens with two attached hydrogens (primary N) is 1. The summed E-state index contributed by atoms with van der Waals surface area (Å²) in [6.45, 7) is 1.17. The maximum absolute atomic E-state index is 12.3. The van der Waals surface area contributed by atoms with Crippen molar-refractivity contribution in [3.05, 3.63) is 34.3 Å². The van der Waals surface area contributed by atoms with Crippen LogP contribution in [0.5, 0.6) is 0 Å². The highest BCUT2D eigenvalue weighted by molar-refractivity contribution is 9.10. The second kappa shape index (κ2) is 4.65. The van der Waals surface area contributed by atoms with E-state index < -0.39 is 29.9 Å². The van der Waals surface area contributed by atoms with Crippen LogP contribution in [0.3, 0.4) is 0 Å². The molecule has 1 aromatic carbocycles. The van der Waals surface area contributed by atoms with Crippen LogP contribution < -0.4 is 11.1 Å². The van der Waals surface area contributed by atoms with Crippen molar-refractivity contribution in [2.45, 2.75) is 12.5 Å². The molecule has 1 aromatic rings. The summed E-state index contributed by atoms with van der Waals surface area (Å²) in [5, 5.41) is 2.59. The monoisotopic (exact) mass is 325 g/mol. The Morgan fingerprint density at radius 2 is 2.16 bits per heavy atom. The van der Waals surface area contributed by atoms with Crippen molar-refractivity contribution in [3.8, 4) is 0 Å². The van der Waals surface area contributed by atoms with Crippen molar-refractivity contribution in [1.29, 1.82) is 0 Å². The van der Waals surface area contributed by atoms with Gasteiger partial charge in [0.1, 0.15) is 12.1 Å². The van der Waals surface area contributed by atoms with Gasteiger partial charge in [0.25, 0.3) is 5.91 Å². The standard InChI is InChI=1S/C12H12BrN3O3/c1-12(7-3-2-4-8(13)5-7)10(18)16(6-9(14)17)11(19)15-12/h2-5H,6H2,1H3,(H2,14,17)(H,15,19)/t12-/m1/s1. The third-order valence-corrected chi connectivity index (χ3v) is 3.48. The molecular formula is C12H12BrN3O3. The number of rotatable bonds is 3. The molecule has 7 heteroatoms. The molecule has 1 saturated heterocycles. The number of hydrogen-bond donors (Lipinski definition) is 2. The number of carbonyl (C=O) groups is 3. The van der Waals surface area contributed by atoms with Gasteiger partial charge in [-0.05, 0) is 24.6 Å². The van der Waals surface area contributed by atoms with Crippen molar-refractivity contribution >= 4 is 33.8 Å². The van der Waals surface area contributed by atoms with Crippen molar-refractivity contribution in [2.75, 3.05) is 6.54 Å². The summed E-state index contributed by atoms with van der Waals surface area (Å²) in [5.74, 6) is -1.23. The first-order chi connectivity index (χ1) is 8.84. The van der Waals surface area contributed by atoms with Crippen LogP contribution in [0.1, 0.15) is 12.5 Å².